The molecule has 0 radical (unpaired) electrons. The Labute approximate surface area is 140 Å². The molecule has 8 heteroatoms. The Bertz CT molecular complexity index is 539. The molecule has 0 amide bonds. The summed E-state index contributed by atoms with van der Waals surface area (Å²) in [5.74, 6) is 0.596. The lowest BCUT2D eigenvalue weighted by molar-refractivity contribution is 0.514. The van der Waals surface area contributed by atoms with Crippen molar-refractivity contribution in [2.75, 3.05) is 13.1 Å². The van der Waals surface area contributed by atoms with Crippen LogP contribution in [-0.4, -0.2) is 29.9 Å². The number of guanidine groups is 2. The molecule has 1 heterocycles. The van der Waals surface area contributed by atoms with Crippen molar-refractivity contribution in [1.82, 2.24) is 4.90 Å². The van der Waals surface area contributed by atoms with Crippen LogP contribution in [0.1, 0.15) is 18.4 Å². The fourth-order valence-electron chi connectivity index (χ4n) is 1.98. The molecule has 0 aliphatic carbocycles. The van der Waals surface area contributed by atoms with Crippen LogP contribution in [0.25, 0.3) is 0 Å². The van der Waals surface area contributed by atoms with Crippen LogP contribution in [0.5, 0.6) is 0 Å². The van der Waals surface area contributed by atoms with Crippen molar-refractivity contribution in [1.29, 1.82) is 0 Å². The SMILES string of the molecule is Cl.NC(=NCc1ccc(Cl)c(Cl)c1)N=C(N)N1CCCC1. The van der Waals surface area contributed by atoms with E-state index < -0.39 is 0 Å². The molecule has 5 nitrogen and oxygen atoms in total. The average molecular weight is 351 g/mol. The van der Waals surface area contributed by atoms with Crippen LogP contribution in [0.3, 0.4) is 0 Å². The van der Waals surface area contributed by atoms with Crippen molar-refractivity contribution in [3.8, 4) is 0 Å². The summed E-state index contributed by atoms with van der Waals surface area (Å²) in [6, 6.07) is 5.33. The lowest BCUT2D eigenvalue weighted by Gasteiger charge is -2.15. The van der Waals surface area contributed by atoms with Crippen molar-refractivity contribution in [3.05, 3.63) is 33.8 Å². The summed E-state index contributed by atoms with van der Waals surface area (Å²) >= 11 is 11.8. The summed E-state index contributed by atoms with van der Waals surface area (Å²) < 4.78 is 0. The molecular weight excluding hydrogens is 333 g/mol. The van der Waals surface area contributed by atoms with Gasteiger partial charge in [0, 0.05) is 13.1 Å². The monoisotopic (exact) mass is 349 g/mol. The normalized spacial score (nSPS) is 16.0. The molecule has 4 N–H and O–H groups in total. The summed E-state index contributed by atoms with van der Waals surface area (Å²) in [7, 11) is 0. The van der Waals surface area contributed by atoms with Gasteiger partial charge in [0.05, 0.1) is 16.6 Å². The molecule has 0 aromatic heterocycles. The van der Waals surface area contributed by atoms with E-state index in [0.29, 0.717) is 22.5 Å². The van der Waals surface area contributed by atoms with Gasteiger partial charge in [-0.2, -0.15) is 4.99 Å². The Balaban J connectivity index is 0.00000220. The number of nitrogens with zero attached hydrogens (tertiary/aromatic N) is 3. The second-order valence-corrected chi connectivity index (χ2v) is 5.40. The zero-order valence-electron chi connectivity index (χ0n) is 11.4. The van der Waals surface area contributed by atoms with Gasteiger partial charge in [-0.1, -0.05) is 29.3 Å². The molecule has 21 heavy (non-hydrogen) atoms. The molecule has 0 unspecified atom stereocenters. The highest BCUT2D eigenvalue weighted by atomic mass is 35.5. The second-order valence-electron chi connectivity index (χ2n) is 4.59. The van der Waals surface area contributed by atoms with E-state index >= 15 is 0 Å². The van der Waals surface area contributed by atoms with Gasteiger partial charge in [0.25, 0.3) is 0 Å². The molecule has 0 bridgehead atoms. The van der Waals surface area contributed by atoms with Gasteiger partial charge in [0.1, 0.15) is 0 Å². The first-order valence-electron chi connectivity index (χ1n) is 6.39. The Morgan fingerprint density at radius 3 is 2.43 bits per heavy atom. The van der Waals surface area contributed by atoms with E-state index in [1.54, 1.807) is 12.1 Å². The third-order valence-electron chi connectivity index (χ3n) is 3.07. The van der Waals surface area contributed by atoms with Crippen molar-refractivity contribution in [2.24, 2.45) is 21.5 Å². The largest absolute Gasteiger partial charge is 0.369 e. The molecule has 2 rings (SSSR count). The van der Waals surface area contributed by atoms with Gasteiger partial charge in [-0.15, -0.1) is 12.4 Å². The highest BCUT2D eigenvalue weighted by Gasteiger charge is 2.13. The van der Waals surface area contributed by atoms with Crippen LogP contribution in [0, 0.1) is 0 Å². The van der Waals surface area contributed by atoms with Crippen molar-refractivity contribution >= 4 is 47.5 Å². The van der Waals surface area contributed by atoms with E-state index in [4.69, 9.17) is 34.7 Å². The third kappa shape index (κ3) is 5.26. The van der Waals surface area contributed by atoms with Crippen LogP contribution in [0.2, 0.25) is 10.0 Å². The molecule has 0 atom stereocenters. The van der Waals surface area contributed by atoms with E-state index in [2.05, 4.69) is 9.98 Å². The standard InChI is InChI=1S/C13H17Cl2N5.ClH/c14-10-4-3-9(7-11(10)15)8-18-12(16)19-13(17)20-5-1-2-6-20;/h3-4,7H,1-2,5-6,8H2,(H4,16,17,18,19);1H. The lowest BCUT2D eigenvalue weighted by Crippen LogP contribution is -2.36. The summed E-state index contributed by atoms with van der Waals surface area (Å²) in [6.07, 6.45) is 2.27. The first-order chi connectivity index (χ1) is 9.56. The van der Waals surface area contributed by atoms with Gasteiger partial charge >= 0.3 is 0 Å². The minimum Gasteiger partial charge on any atom is -0.369 e. The number of nitrogens with two attached hydrogens (primary N) is 2. The highest BCUT2D eigenvalue weighted by Crippen LogP contribution is 2.22. The average Bonchev–Trinajstić information content (AvgIpc) is 2.94. The number of aliphatic imine (C=N–C) groups is 2. The van der Waals surface area contributed by atoms with Gasteiger partial charge in [-0.05, 0) is 30.5 Å². The second kappa shape index (κ2) is 8.32. The van der Waals surface area contributed by atoms with Gasteiger partial charge in [0.2, 0.25) is 5.96 Å². The minimum atomic E-state index is 0. The number of hydrogen-bond acceptors (Lipinski definition) is 1. The number of rotatable bonds is 2. The highest BCUT2D eigenvalue weighted by molar-refractivity contribution is 6.42. The van der Waals surface area contributed by atoms with Crippen LogP contribution in [-0.2, 0) is 6.54 Å². The predicted molar refractivity (Wildman–Crippen MR) is 91.5 cm³/mol. The molecule has 1 aliphatic rings. The quantitative estimate of drug-likeness (QED) is 0.635. The van der Waals surface area contributed by atoms with E-state index in [-0.39, 0.29) is 18.4 Å². The summed E-state index contributed by atoms with van der Waals surface area (Å²) in [5.41, 5.74) is 12.5. The van der Waals surface area contributed by atoms with Crippen LogP contribution >= 0.6 is 35.6 Å². The van der Waals surface area contributed by atoms with Gasteiger partial charge in [-0.25, -0.2) is 4.99 Å². The predicted octanol–water partition coefficient (Wildman–Crippen LogP) is 2.64. The first kappa shape index (κ1) is 17.9. The maximum atomic E-state index is 5.93. The summed E-state index contributed by atoms with van der Waals surface area (Å²) in [4.78, 5) is 10.3. The summed E-state index contributed by atoms with van der Waals surface area (Å²) in [5, 5.41) is 1.02. The number of benzene rings is 1. The molecule has 1 saturated heterocycles. The minimum absolute atomic E-state index is 0. The van der Waals surface area contributed by atoms with Crippen molar-refractivity contribution in [3.63, 3.8) is 0 Å². The molecule has 1 aromatic rings. The fourth-order valence-corrected chi connectivity index (χ4v) is 2.30. The molecular formula is C13H18Cl3N5. The Morgan fingerprint density at radius 2 is 1.81 bits per heavy atom. The Kier molecular flexibility index (Phi) is 7.08. The Hall–Kier alpha value is -1.17. The smallest absolute Gasteiger partial charge is 0.218 e. The van der Waals surface area contributed by atoms with Crippen LogP contribution < -0.4 is 11.5 Å². The Morgan fingerprint density at radius 1 is 1.14 bits per heavy atom. The van der Waals surface area contributed by atoms with Gasteiger partial charge in [0.15, 0.2) is 5.96 Å². The van der Waals surface area contributed by atoms with Crippen molar-refractivity contribution in [2.45, 2.75) is 19.4 Å². The zero-order valence-corrected chi connectivity index (χ0v) is 13.8. The molecule has 0 saturated carbocycles. The van der Waals surface area contributed by atoms with Gasteiger partial charge < -0.3 is 16.4 Å². The molecule has 1 aliphatic heterocycles. The molecule has 1 fully saturated rings. The van der Waals surface area contributed by atoms with Crippen molar-refractivity contribution < 1.29 is 0 Å². The fraction of sp³-hybridized carbons (Fsp3) is 0.385. The zero-order chi connectivity index (χ0) is 14.5. The molecule has 1 aromatic carbocycles. The summed E-state index contributed by atoms with van der Waals surface area (Å²) in [6.45, 7) is 2.24. The first-order valence-corrected chi connectivity index (χ1v) is 7.15. The third-order valence-corrected chi connectivity index (χ3v) is 3.81. The topological polar surface area (TPSA) is 80.0 Å². The van der Waals surface area contributed by atoms with E-state index in [1.165, 1.54) is 0 Å². The van der Waals surface area contributed by atoms with E-state index in [1.807, 2.05) is 11.0 Å². The number of hydrogen-bond donors (Lipinski definition) is 2. The molecule has 116 valence electrons. The maximum Gasteiger partial charge on any atom is 0.218 e. The lowest BCUT2D eigenvalue weighted by atomic mass is 10.2. The van der Waals surface area contributed by atoms with E-state index in [9.17, 15) is 0 Å². The van der Waals surface area contributed by atoms with Crippen LogP contribution in [0.15, 0.2) is 28.2 Å². The number of halogens is 3. The molecule has 0 spiro atoms. The van der Waals surface area contributed by atoms with E-state index in [0.717, 1.165) is 31.5 Å². The van der Waals surface area contributed by atoms with Crippen LogP contribution in [0.4, 0.5) is 0 Å². The van der Waals surface area contributed by atoms with Gasteiger partial charge in [-0.3, -0.25) is 0 Å². The number of likely N-dealkylation sites (tertiary alicyclic amines) is 1. The maximum absolute atomic E-state index is 5.93.